The molecule has 0 aromatic heterocycles. The van der Waals surface area contributed by atoms with Crippen molar-refractivity contribution < 1.29 is 9.90 Å². The molecular formula is C27H29ClN2O2. The molecule has 4 rings (SSSR count). The van der Waals surface area contributed by atoms with Crippen LogP contribution in [-0.2, 0) is 15.8 Å². The number of amides is 1. The van der Waals surface area contributed by atoms with E-state index in [2.05, 4.69) is 4.90 Å². The van der Waals surface area contributed by atoms with Crippen molar-refractivity contribution in [2.75, 3.05) is 19.6 Å². The molecule has 3 aromatic carbocycles. The van der Waals surface area contributed by atoms with Crippen LogP contribution >= 0.6 is 11.6 Å². The second-order valence-corrected chi connectivity index (χ2v) is 9.07. The summed E-state index contributed by atoms with van der Waals surface area (Å²) in [5.74, 6) is -0.343. The zero-order valence-electron chi connectivity index (χ0n) is 18.1. The lowest BCUT2D eigenvalue weighted by Gasteiger charge is -2.40. The Kier molecular flexibility index (Phi) is 6.66. The van der Waals surface area contributed by atoms with Gasteiger partial charge in [0.15, 0.2) is 0 Å². The Bertz CT molecular complexity index is 991. The summed E-state index contributed by atoms with van der Waals surface area (Å²) in [5, 5.41) is 11.8. The molecule has 0 atom stereocenters. The van der Waals surface area contributed by atoms with E-state index in [0.717, 1.165) is 29.8 Å². The van der Waals surface area contributed by atoms with Crippen molar-refractivity contribution in [2.24, 2.45) is 5.73 Å². The first-order valence-corrected chi connectivity index (χ1v) is 11.4. The second-order valence-electron chi connectivity index (χ2n) is 8.63. The van der Waals surface area contributed by atoms with Crippen molar-refractivity contribution >= 4 is 17.5 Å². The van der Waals surface area contributed by atoms with Crippen LogP contribution in [0.25, 0.3) is 0 Å². The highest BCUT2D eigenvalue weighted by Gasteiger charge is 2.41. The number of likely N-dealkylation sites (tertiary alicyclic amines) is 1. The van der Waals surface area contributed by atoms with Crippen LogP contribution in [0.3, 0.4) is 0 Å². The van der Waals surface area contributed by atoms with Crippen molar-refractivity contribution in [3.63, 3.8) is 0 Å². The predicted molar refractivity (Wildman–Crippen MR) is 128 cm³/mol. The highest BCUT2D eigenvalue weighted by Crippen LogP contribution is 2.38. The number of carbonyl (C=O) groups is 1. The van der Waals surface area contributed by atoms with Gasteiger partial charge < -0.3 is 15.7 Å². The quantitative estimate of drug-likeness (QED) is 0.559. The maximum atomic E-state index is 13.0. The number of nitrogens with zero attached hydrogens (tertiary/aromatic N) is 1. The smallest absolute Gasteiger partial charge is 0.232 e. The average molecular weight is 449 g/mol. The molecule has 3 N–H and O–H groups in total. The van der Waals surface area contributed by atoms with Gasteiger partial charge in [-0.25, -0.2) is 0 Å². The Labute approximate surface area is 194 Å². The molecule has 32 heavy (non-hydrogen) atoms. The van der Waals surface area contributed by atoms with Gasteiger partial charge in [0, 0.05) is 18.1 Å². The van der Waals surface area contributed by atoms with E-state index in [1.54, 1.807) is 0 Å². The molecule has 0 spiro atoms. The van der Waals surface area contributed by atoms with Crippen LogP contribution in [-0.4, -0.2) is 35.5 Å². The summed E-state index contributed by atoms with van der Waals surface area (Å²) in [7, 11) is 0. The van der Waals surface area contributed by atoms with Crippen LogP contribution in [0.5, 0.6) is 0 Å². The number of piperidine rings is 1. The van der Waals surface area contributed by atoms with Crippen molar-refractivity contribution in [2.45, 2.75) is 30.3 Å². The van der Waals surface area contributed by atoms with Gasteiger partial charge >= 0.3 is 0 Å². The number of aliphatic hydroxyl groups is 1. The molecule has 1 fully saturated rings. The molecule has 0 saturated carbocycles. The molecule has 0 bridgehead atoms. The van der Waals surface area contributed by atoms with E-state index in [-0.39, 0.29) is 5.91 Å². The van der Waals surface area contributed by atoms with E-state index in [4.69, 9.17) is 17.3 Å². The third-order valence-corrected chi connectivity index (χ3v) is 7.07. The van der Waals surface area contributed by atoms with Crippen molar-refractivity contribution in [1.29, 1.82) is 0 Å². The van der Waals surface area contributed by atoms with E-state index in [0.29, 0.717) is 30.8 Å². The maximum Gasteiger partial charge on any atom is 0.232 e. The predicted octanol–water partition coefficient (Wildman–Crippen LogP) is 4.49. The summed E-state index contributed by atoms with van der Waals surface area (Å²) in [4.78, 5) is 15.3. The number of benzene rings is 3. The van der Waals surface area contributed by atoms with E-state index in [1.807, 2.05) is 84.9 Å². The topological polar surface area (TPSA) is 66.6 Å². The first-order valence-electron chi connectivity index (χ1n) is 11.1. The van der Waals surface area contributed by atoms with E-state index >= 15 is 0 Å². The lowest BCUT2D eigenvalue weighted by atomic mass is 9.71. The molecule has 1 heterocycles. The molecular weight excluding hydrogens is 420 g/mol. The van der Waals surface area contributed by atoms with Crippen LogP contribution in [0.2, 0.25) is 5.02 Å². The molecule has 0 aliphatic carbocycles. The SMILES string of the molecule is NC(=O)C(CCN1CCC(O)(c2ccc(Cl)cc2)CC1)(c1ccccc1)c1ccccc1. The van der Waals surface area contributed by atoms with Gasteiger partial charge in [0.05, 0.1) is 11.0 Å². The Balaban J connectivity index is 1.52. The van der Waals surface area contributed by atoms with Crippen LogP contribution in [0.1, 0.15) is 36.0 Å². The standard InChI is InChI=1S/C27H29ClN2O2/c28-24-13-11-21(12-14-24)26(32)15-18-30(19-16-26)20-17-27(25(29)31,22-7-3-1-4-8-22)23-9-5-2-6-10-23/h1-14,32H,15-20H2,(H2,29,31). The van der Waals surface area contributed by atoms with Gasteiger partial charge in [-0.05, 0) is 54.6 Å². The van der Waals surface area contributed by atoms with Crippen molar-refractivity contribution in [3.8, 4) is 0 Å². The fourth-order valence-corrected chi connectivity index (χ4v) is 4.96. The molecule has 1 saturated heterocycles. The maximum absolute atomic E-state index is 13.0. The first-order chi connectivity index (χ1) is 15.4. The number of hydrogen-bond acceptors (Lipinski definition) is 3. The fourth-order valence-electron chi connectivity index (χ4n) is 4.83. The summed E-state index contributed by atoms with van der Waals surface area (Å²) in [6.45, 7) is 2.21. The van der Waals surface area contributed by atoms with E-state index < -0.39 is 11.0 Å². The Morgan fingerprint density at radius 2 is 1.41 bits per heavy atom. The number of rotatable bonds is 7. The number of hydrogen-bond donors (Lipinski definition) is 2. The third-order valence-electron chi connectivity index (χ3n) is 6.82. The van der Waals surface area contributed by atoms with Gasteiger partial charge in [0.2, 0.25) is 5.91 Å². The molecule has 0 radical (unpaired) electrons. The van der Waals surface area contributed by atoms with Gasteiger partial charge in [-0.1, -0.05) is 84.4 Å². The van der Waals surface area contributed by atoms with Crippen molar-refractivity contribution in [3.05, 3.63) is 107 Å². The molecule has 3 aromatic rings. The van der Waals surface area contributed by atoms with Gasteiger partial charge in [0.25, 0.3) is 0 Å². The molecule has 0 unspecified atom stereocenters. The summed E-state index contributed by atoms with van der Waals surface area (Å²) in [6.07, 6.45) is 1.85. The van der Waals surface area contributed by atoms with E-state index in [9.17, 15) is 9.90 Å². The Hall–Kier alpha value is -2.66. The fraction of sp³-hybridized carbons (Fsp3) is 0.296. The lowest BCUT2D eigenvalue weighted by molar-refractivity contribution is -0.122. The summed E-state index contributed by atoms with van der Waals surface area (Å²) >= 11 is 6.00. The molecule has 5 heteroatoms. The highest BCUT2D eigenvalue weighted by molar-refractivity contribution is 6.30. The molecule has 1 aliphatic rings. The monoisotopic (exact) mass is 448 g/mol. The minimum atomic E-state index is -0.896. The van der Waals surface area contributed by atoms with Gasteiger partial charge in [-0.15, -0.1) is 0 Å². The molecule has 1 aliphatic heterocycles. The van der Waals surface area contributed by atoms with Crippen LogP contribution in [0.4, 0.5) is 0 Å². The van der Waals surface area contributed by atoms with Crippen LogP contribution in [0.15, 0.2) is 84.9 Å². The van der Waals surface area contributed by atoms with Crippen LogP contribution in [0, 0.1) is 0 Å². The van der Waals surface area contributed by atoms with E-state index in [1.165, 1.54) is 0 Å². The molecule has 4 nitrogen and oxygen atoms in total. The minimum absolute atomic E-state index is 0.343. The first kappa shape index (κ1) is 22.5. The van der Waals surface area contributed by atoms with Gasteiger partial charge in [0.1, 0.15) is 0 Å². The Morgan fingerprint density at radius 3 is 1.88 bits per heavy atom. The largest absolute Gasteiger partial charge is 0.385 e. The number of carbonyl (C=O) groups excluding carboxylic acids is 1. The summed E-state index contributed by atoms with van der Waals surface area (Å²) in [5.41, 5.74) is 7.06. The lowest BCUT2D eigenvalue weighted by Crippen LogP contribution is -2.47. The highest BCUT2D eigenvalue weighted by atomic mass is 35.5. The molecule has 1 amide bonds. The summed E-state index contributed by atoms with van der Waals surface area (Å²) in [6, 6.07) is 27.1. The third kappa shape index (κ3) is 4.44. The second kappa shape index (κ2) is 9.45. The zero-order chi connectivity index (χ0) is 22.6. The van der Waals surface area contributed by atoms with Gasteiger partial charge in [-0.3, -0.25) is 4.79 Å². The van der Waals surface area contributed by atoms with Gasteiger partial charge in [-0.2, -0.15) is 0 Å². The number of primary amides is 1. The number of halogens is 1. The average Bonchev–Trinajstić information content (AvgIpc) is 2.82. The normalized spacial score (nSPS) is 16.6. The van der Waals surface area contributed by atoms with Crippen molar-refractivity contribution in [1.82, 2.24) is 4.90 Å². The molecule has 166 valence electrons. The summed E-state index contributed by atoms with van der Waals surface area (Å²) < 4.78 is 0. The minimum Gasteiger partial charge on any atom is -0.385 e. The zero-order valence-corrected chi connectivity index (χ0v) is 18.8. The number of nitrogens with two attached hydrogens (primary N) is 1. The van der Waals surface area contributed by atoms with Crippen LogP contribution < -0.4 is 5.73 Å². The Morgan fingerprint density at radius 1 is 0.906 bits per heavy atom.